The van der Waals surface area contributed by atoms with Crippen molar-refractivity contribution in [3.05, 3.63) is 58.4 Å². The molecule has 1 aromatic heterocycles. The van der Waals surface area contributed by atoms with Crippen molar-refractivity contribution in [3.63, 3.8) is 0 Å². The number of rotatable bonds is 8. The maximum atomic E-state index is 11.9. The van der Waals surface area contributed by atoms with Crippen molar-refractivity contribution in [1.29, 1.82) is 0 Å². The van der Waals surface area contributed by atoms with E-state index in [1.54, 1.807) is 10.8 Å². The molecule has 1 fully saturated rings. The van der Waals surface area contributed by atoms with Crippen LogP contribution < -0.4 is 5.32 Å². The number of carbonyl (C=O) groups excluding carboxylic acids is 2. The standard InChI is InChI=1S/C21H24ClN3O4/c1-15-18(21(22)25(24-15)13-16-6-3-2-4-7-16)9-10-20(27)29-14-19(26)23-12-17-8-5-11-28-17/h2-4,6-7,9-10,17H,5,8,11-14H2,1H3,(H,23,26)/b10-9+/t17-/m0/s1. The maximum absolute atomic E-state index is 11.9. The van der Waals surface area contributed by atoms with Crippen LogP contribution in [0.3, 0.4) is 0 Å². The predicted molar refractivity (Wildman–Crippen MR) is 109 cm³/mol. The van der Waals surface area contributed by atoms with Gasteiger partial charge in [-0.1, -0.05) is 41.9 Å². The lowest BCUT2D eigenvalue weighted by atomic mass is 10.2. The van der Waals surface area contributed by atoms with E-state index in [4.69, 9.17) is 21.1 Å². The lowest BCUT2D eigenvalue weighted by molar-refractivity contribution is -0.143. The van der Waals surface area contributed by atoms with Crippen LogP contribution in [0.1, 0.15) is 29.7 Å². The molecule has 1 aliphatic rings. The first-order chi connectivity index (χ1) is 14.0. The number of nitrogens with one attached hydrogen (secondary N) is 1. The van der Waals surface area contributed by atoms with Crippen LogP contribution in [0, 0.1) is 6.92 Å². The molecular weight excluding hydrogens is 394 g/mol. The number of hydrogen-bond donors (Lipinski definition) is 1. The van der Waals surface area contributed by atoms with Gasteiger partial charge in [0.15, 0.2) is 6.61 Å². The normalized spacial score (nSPS) is 16.3. The Morgan fingerprint density at radius 2 is 2.17 bits per heavy atom. The summed E-state index contributed by atoms with van der Waals surface area (Å²) in [6.45, 7) is 3.17. The van der Waals surface area contributed by atoms with Gasteiger partial charge < -0.3 is 14.8 Å². The van der Waals surface area contributed by atoms with E-state index in [-0.39, 0.29) is 18.6 Å². The van der Waals surface area contributed by atoms with Crippen LogP contribution in [-0.4, -0.2) is 47.5 Å². The second-order valence-electron chi connectivity index (χ2n) is 6.81. The van der Waals surface area contributed by atoms with Crippen molar-refractivity contribution in [2.24, 2.45) is 0 Å². The molecular formula is C21H24ClN3O4. The van der Waals surface area contributed by atoms with Crippen molar-refractivity contribution < 1.29 is 19.1 Å². The highest BCUT2D eigenvalue weighted by Crippen LogP contribution is 2.22. The molecule has 154 valence electrons. The number of ether oxygens (including phenoxy) is 2. The Morgan fingerprint density at radius 3 is 2.90 bits per heavy atom. The van der Waals surface area contributed by atoms with Crippen molar-refractivity contribution in [3.8, 4) is 0 Å². The van der Waals surface area contributed by atoms with Gasteiger partial charge in [-0.2, -0.15) is 5.10 Å². The van der Waals surface area contributed by atoms with E-state index in [1.807, 2.05) is 37.3 Å². The fourth-order valence-electron chi connectivity index (χ4n) is 3.04. The quantitative estimate of drug-likeness (QED) is 0.527. The highest BCUT2D eigenvalue weighted by atomic mass is 35.5. The Morgan fingerprint density at radius 1 is 1.38 bits per heavy atom. The number of benzene rings is 1. The van der Waals surface area contributed by atoms with Gasteiger partial charge in [0.25, 0.3) is 5.91 Å². The Balaban J connectivity index is 1.49. The Labute approximate surface area is 174 Å². The van der Waals surface area contributed by atoms with E-state index in [0.717, 1.165) is 25.0 Å². The number of halogens is 1. The number of aryl methyl sites for hydroxylation is 1. The molecule has 29 heavy (non-hydrogen) atoms. The van der Waals surface area contributed by atoms with Gasteiger partial charge in [0, 0.05) is 24.8 Å². The van der Waals surface area contributed by atoms with E-state index in [1.165, 1.54) is 6.08 Å². The predicted octanol–water partition coefficient (Wildman–Crippen LogP) is 2.74. The van der Waals surface area contributed by atoms with Gasteiger partial charge in [0.2, 0.25) is 0 Å². The van der Waals surface area contributed by atoms with Gasteiger partial charge in [-0.25, -0.2) is 9.48 Å². The fraction of sp³-hybridized carbons (Fsp3) is 0.381. The molecule has 1 amide bonds. The second kappa shape index (κ2) is 10.2. The number of carbonyl (C=O) groups is 2. The third-order valence-electron chi connectivity index (χ3n) is 4.57. The second-order valence-corrected chi connectivity index (χ2v) is 7.17. The summed E-state index contributed by atoms with van der Waals surface area (Å²) >= 11 is 6.42. The molecule has 1 aliphatic heterocycles. The lowest BCUT2D eigenvalue weighted by Crippen LogP contribution is -2.34. The monoisotopic (exact) mass is 417 g/mol. The van der Waals surface area contributed by atoms with Gasteiger partial charge in [0.05, 0.1) is 18.3 Å². The minimum absolute atomic E-state index is 0.0482. The highest BCUT2D eigenvalue weighted by molar-refractivity contribution is 6.31. The van der Waals surface area contributed by atoms with Crippen LogP contribution in [0.15, 0.2) is 36.4 Å². The molecule has 1 atom stereocenters. The van der Waals surface area contributed by atoms with Crippen molar-refractivity contribution >= 4 is 29.6 Å². The number of amides is 1. The van der Waals surface area contributed by atoms with Crippen molar-refractivity contribution in [2.75, 3.05) is 19.8 Å². The van der Waals surface area contributed by atoms with Crippen molar-refractivity contribution in [2.45, 2.75) is 32.4 Å². The first-order valence-corrected chi connectivity index (χ1v) is 9.90. The Kier molecular flexibility index (Phi) is 7.43. The molecule has 0 radical (unpaired) electrons. The number of aromatic nitrogens is 2. The fourth-order valence-corrected chi connectivity index (χ4v) is 3.34. The largest absolute Gasteiger partial charge is 0.452 e. The van der Waals surface area contributed by atoms with Gasteiger partial charge in [-0.3, -0.25) is 4.79 Å². The topological polar surface area (TPSA) is 82.5 Å². The van der Waals surface area contributed by atoms with E-state index >= 15 is 0 Å². The molecule has 1 aromatic carbocycles. The first-order valence-electron chi connectivity index (χ1n) is 9.53. The summed E-state index contributed by atoms with van der Waals surface area (Å²) in [6.07, 6.45) is 4.78. The average molecular weight is 418 g/mol. The summed E-state index contributed by atoms with van der Waals surface area (Å²) in [5.74, 6) is -0.976. The van der Waals surface area contributed by atoms with E-state index in [9.17, 15) is 9.59 Å². The van der Waals surface area contributed by atoms with Crippen molar-refractivity contribution in [1.82, 2.24) is 15.1 Å². The first kappa shape index (κ1) is 21.1. The molecule has 8 heteroatoms. The van der Waals surface area contributed by atoms with Crippen LogP contribution in [0.2, 0.25) is 5.15 Å². The smallest absolute Gasteiger partial charge is 0.331 e. The number of nitrogens with zero attached hydrogens (tertiary/aromatic N) is 2. The summed E-state index contributed by atoms with van der Waals surface area (Å²) in [5.41, 5.74) is 2.41. The van der Waals surface area contributed by atoms with E-state index in [0.29, 0.717) is 29.5 Å². The van der Waals surface area contributed by atoms with Crippen LogP contribution in [0.4, 0.5) is 0 Å². The zero-order valence-corrected chi connectivity index (χ0v) is 17.0. The van der Waals surface area contributed by atoms with E-state index < -0.39 is 5.97 Å². The zero-order valence-electron chi connectivity index (χ0n) is 16.3. The summed E-state index contributed by atoms with van der Waals surface area (Å²) in [7, 11) is 0. The van der Waals surface area contributed by atoms with Gasteiger partial charge in [0.1, 0.15) is 5.15 Å². The molecule has 7 nitrogen and oxygen atoms in total. The molecule has 0 unspecified atom stereocenters. The molecule has 1 N–H and O–H groups in total. The maximum Gasteiger partial charge on any atom is 0.331 e. The summed E-state index contributed by atoms with van der Waals surface area (Å²) in [6, 6.07) is 9.83. The molecule has 1 saturated heterocycles. The Bertz CT molecular complexity index is 874. The molecule has 0 bridgehead atoms. The zero-order chi connectivity index (χ0) is 20.6. The lowest BCUT2D eigenvalue weighted by Gasteiger charge is -2.10. The third kappa shape index (κ3) is 6.17. The third-order valence-corrected chi connectivity index (χ3v) is 4.97. The highest BCUT2D eigenvalue weighted by Gasteiger charge is 2.16. The molecule has 2 aromatic rings. The van der Waals surface area contributed by atoms with Crippen LogP contribution in [0.5, 0.6) is 0 Å². The molecule has 0 saturated carbocycles. The minimum Gasteiger partial charge on any atom is -0.452 e. The van der Waals surface area contributed by atoms with Gasteiger partial charge in [-0.05, 0) is 31.4 Å². The van der Waals surface area contributed by atoms with Crippen LogP contribution in [0.25, 0.3) is 6.08 Å². The molecule has 0 aliphatic carbocycles. The SMILES string of the molecule is Cc1nn(Cc2ccccc2)c(Cl)c1/C=C/C(=O)OCC(=O)NC[C@@H]1CCCO1. The van der Waals surface area contributed by atoms with Gasteiger partial charge in [-0.15, -0.1) is 0 Å². The molecule has 2 heterocycles. The van der Waals surface area contributed by atoms with Crippen LogP contribution in [-0.2, 0) is 25.6 Å². The van der Waals surface area contributed by atoms with Crippen LogP contribution >= 0.6 is 11.6 Å². The summed E-state index contributed by atoms with van der Waals surface area (Å²) < 4.78 is 12.1. The summed E-state index contributed by atoms with van der Waals surface area (Å²) in [5, 5.41) is 7.56. The number of hydrogen-bond acceptors (Lipinski definition) is 5. The molecule has 3 rings (SSSR count). The summed E-state index contributed by atoms with van der Waals surface area (Å²) in [4.78, 5) is 23.7. The van der Waals surface area contributed by atoms with E-state index in [2.05, 4.69) is 10.4 Å². The minimum atomic E-state index is -0.622. The Hall–Kier alpha value is -2.64. The van der Waals surface area contributed by atoms with Gasteiger partial charge >= 0.3 is 5.97 Å². The molecule has 0 spiro atoms. The average Bonchev–Trinajstić information content (AvgIpc) is 3.33. The number of esters is 1.